The summed E-state index contributed by atoms with van der Waals surface area (Å²) < 4.78 is 13.9. The predicted octanol–water partition coefficient (Wildman–Crippen LogP) is 1.98. The van der Waals surface area contributed by atoms with Crippen LogP contribution in [0.5, 0.6) is 0 Å². The molecule has 0 radical (unpaired) electrons. The number of aromatic amines is 1. The molecule has 0 atom stereocenters. The molecule has 24 heavy (non-hydrogen) atoms. The van der Waals surface area contributed by atoms with Crippen LogP contribution in [0.4, 0.5) is 10.1 Å². The number of hydrogen-bond donors (Lipinski definition) is 1. The Labute approximate surface area is 134 Å². The smallest absolute Gasteiger partial charge is 0.306 e. The summed E-state index contributed by atoms with van der Waals surface area (Å²) in [5.74, 6) is -0.360. The van der Waals surface area contributed by atoms with E-state index in [1.54, 1.807) is 12.1 Å². The number of benzene rings is 2. The number of fused-ring (bicyclic) bond motifs is 1. The number of H-pyrrole nitrogens is 1. The van der Waals surface area contributed by atoms with E-state index in [4.69, 9.17) is 0 Å². The van der Waals surface area contributed by atoms with E-state index in [-0.39, 0.29) is 29.0 Å². The Morgan fingerprint density at radius 3 is 2.50 bits per heavy atom. The summed E-state index contributed by atoms with van der Waals surface area (Å²) in [7, 11) is 0. The van der Waals surface area contributed by atoms with Crippen molar-refractivity contribution in [2.45, 2.75) is 13.0 Å². The molecule has 0 saturated heterocycles. The monoisotopic (exact) mass is 329 g/mol. The topological polar surface area (TPSA) is 98.0 Å². The van der Waals surface area contributed by atoms with Crippen LogP contribution in [0.2, 0.25) is 0 Å². The van der Waals surface area contributed by atoms with Crippen LogP contribution in [0.25, 0.3) is 10.9 Å². The summed E-state index contributed by atoms with van der Waals surface area (Å²) in [5, 5.41) is 11.0. The second-order valence-corrected chi connectivity index (χ2v) is 5.25. The normalized spacial score (nSPS) is 10.9. The van der Waals surface area contributed by atoms with E-state index in [2.05, 4.69) is 4.98 Å². The molecular weight excluding hydrogens is 317 g/mol. The van der Waals surface area contributed by atoms with Gasteiger partial charge in [-0.05, 0) is 30.2 Å². The molecule has 7 nitrogen and oxygen atoms in total. The van der Waals surface area contributed by atoms with Gasteiger partial charge in [-0.15, -0.1) is 0 Å². The van der Waals surface area contributed by atoms with E-state index in [0.717, 1.165) is 16.2 Å². The molecule has 0 amide bonds. The number of aromatic nitrogens is 2. The van der Waals surface area contributed by atoms with Crippen LogP contribution in [-0.2, 0) is 13.0 Å². The summed E-state index contributed by atoms with van der Waals surface area (Å²) in [4.78, 5) is 37.2. The second kappa shape index (κ2) is 6.07. The number of halogens is 1. The van der Waals surface area contributed by atoms with Gasteiger partial charge in [0.15, 0.2) is 0 Å². The van der Waals surface area contributed by atoms with Crippen molar-refractivity contribution in [1.29, 1.82) is 0 Å². The van der Waals surface area contributed by atoms with E-state index in [0.29, 0.717) is 6.42 Å². The molecule has 0 bridgehead atoms. The lowest BCUT2D eigenvalue weighted by Gasteiger charge is -2.06. The van der Waals surface area contributed by atoms with Crippen molar-refractivity contribution in [1.82, 2.24) is 9.55 Å². The summed E-state index contributed by atoms with van der Waals surface area (Å²) >= 11 is 0. The maximum atomic E-state index is 12.9. The molecule has 0 fully saturated rings. The maximum absolute atomic E-state index is 12.9. The molecule has 3 aromatic rings. The second-order valence-electron chi connectivity index (χ2n) is 5.25. The van der Waals surface area contributed by atoms with E-state index in [9.17, 15) is 24.1 Å². The van der Waals surface area contributed by atoms with Crippen molar-refractivity contribution in [3.05, 3.63) is 84.8 Å². The average molecular weight is 329 g/mol. The highest BCUT2D eigenvalue weighted by molar-refractivity contribution is 5.79. The van der Waals surface area contributed by atoms with Gasteiger partial charge in [-0.3, -0.25) is 19.5 Å². The highest BCUT2D eigenvalue weighted by atomic mass is 19.1. The number of nitrogens with one attached hydrogen (secondary N) is 1. The third-order valence-electron chi connectivity index (χ3n) is 3.71. The quantitative estimate of drug-likeness (QED) is 0.584. The number of non-ortho nitro benzene ring substituents is 1. The zero-order valence-electron chi connectivity index (χ0n) is 12.4. The first-order valence-electron chi connectivity index (χ1n) is 7.11. The summed E-state index contributed by atoms with van der Waals surface area (Å²) in [6.45, 7) is 0.118. The molecule has 0 aliphatic heterocycles. The number of aryl methyl sites for hydroxylation is 1. The Morgan fingerprint density at radius 2 is 1.83 bits per heavy atom. The van der Waals surface area contributed by atoms with Gasteiger partial charge in [-0.1, -0.05) is 12.1 Å². The minimum absolute atomic E-state index is 0.118. The molecule has 0 aliphatic rings. The van der Waals surface area contributed by atoms with Gasteiger partial charge in [0.2, 0.25) is 0 Å². The molecule has 1 aromatic heterocycles. The lowest BCUT2D eigenvalue weighted by atomic mass is 10.1. The van der Waals surface area contributed by atoms with E-state index in [1.165, 1.54) is 24.3 Å². The molecule has 1 heterocycles. The fourth-order valence-corrected chi connectivity index (χ4v) is 2.45. The fraction of sp³-hybridized carbons (Fsp3) is 0.125. The molecule has 122 valence electrons. The molecule has 8 heteroatoms. The first kappa shape index (κ1) is 15.6. The standard InChI is InChI=1S/C16H12FN3O4/c17-11-3-1-10(2-4-11)7-8-19-15(21)13-6-5-12(20(23)24)9-14(13)18-16(19)22/h1-6,9H,7-8H2,(H,18,22). The van der Waals surface area contributed by atoms with Crippen molar-refractivity contribution in [3.8, 4) is 0 Å². The number of rotatable bonds is 4. The van der Waals surface area contributed by atoms with Crippen LogP contribution in [-0.4, -0.2) is 14.5 Å². The number of nitro benzene ring substituents is 1. The minimum atomic E-state index is -0.643. The highest BCUT2D eigenvalue weighted by Crippen LogP contribution is 2.15. The Kier molecular flexibility index (Phi) is 3.95. The van der Waals surface area contributed by atoms with Crippen molar-refractivity contribution in [2.24, 2.45) is 0 Å². The van der Waals surface area contributed by atoms with Crippen LogP contribution < -0.4 is 11.2 Å². The Morgan fingerprint density at radius 1 is 1.12 bits per heavy atom. The van der Waals surface area contributed by atoms with Crippen molar-refractivity contribution in [3.63, 3.8) is 0 Å². The Hall–Kier alpha value is -3.29. The number of nitrogens with zero attached hydrogens (tertiary/aromatic N) is 2. The Bertz CT molecular complexity index is 1040. The molecule has 0 aliphatic carbocycles. The summed E-state index contributed by atoms with van der Waals surface area (Å²) in [6, 6.07) is 9.47. The first-order valence-corrected chi connectivity index (χ1v) is 7.11. The van der Waals surface area contributed by atoms with Crippen LogP contribution in [0, 0.1) is 15.9 Å². The Balaban J connectivity index is 1.98. The lowest BCUT2D eigenvalue weighted by Crippen LogP contribution is -2.35. The van der Waals surface area contributed by atoms with Gasteiger partial charge in [0, 0.05) is 18.7 Å². The fourth-order valence-electron chi connectivity index (χ4n) is 2.45. The van der Waals surface area contributed by atoms with Crippen molar-refractivity contribution < 1.29 is 9.31 Å². The molecule has 2 aromatic carbocycles. The van der Waals surface area contributed by atoms with Gasteiger partial charge >= 0.3 is 5.69 Å². The van der Waals surface area contributed by atoms with Gasteiger partial charge in [0.1, 0.15) is 5.82 Å². The van der Waals surface area contributed by atoms with E-state index in [1.807, 2.05) is 0 Å². The zero-order valence-corrected chi connectivity index (χ0v) is 12.4. The molecule has 0 saturated carbocycles. The van der Waals surface area contributed by atoms with Gasteiger partial charge in [-0.2, -0.15) is 0 Å². The predicted molar refractivity (Wildman–Crippen MR) is 85.6 cm³/mol. The lowest BCUT2D eigenvalue weighted by molar-refractivity contribution is -0.384. The van der Waals surface area contributed by atoms with E-state index < -0.39 is 16.2 Å². The highest BCUT2D eigenvalue weighted by Gasteiger charge is 2.12. The van der Waals surface area contributed by atoms with Crippen LogP contribution in [0.15, 0.2) is 52.1 Å². The number of hydrogen-bond acceptors (Lipinski definition) is 4. The SMILES string of the molecule is O=c1[nH]c2cc([N+](=O)[O-])ccc2c(=O)n1CCc1ccc(F)cc1. The molecule has 1 N–H and O–H groups in total. The summed E-state index contributed by atoms with van der Waals surface area (Å²) in [5.41, 5.74) is -0.466. The third kappa shape index (κ3) is 2.94. The first-order chi connectivity index (χ1) is 11.5. The average Bonchev–Trinajstić information content (AvgIpc) is 2.55. The molecule has 0 spiro atoms. The van der Waals surface area contributed by atoms with Gasteiger partial charge in [-0.25, -0.2) is 9.18 Å². The molecule has 3 rings (SSSR count). The zero-order chi connectivity index (χ0) is 17.3. The maximum Gasteiger partial charge on any atom is 0.328 e. The third-order valence-corrected chi connectivity index (χ3v) is 3.71. The van der Waals surface area contributed by atoms with Crippen molar-refractivity contribution in [2.75, 3.05) is 0 Å². The number of nitro groups is 1. The molecule has 0 unspecified atom stereocenters. The summed E-state index contributed by atoms with van der Waals surface area (Å²) in [6.07, 6.45) is 0.377. The van der Waals surface area contributed by atoms with Gasteiger partial charge in [0.25, 0.3) is 11.2 Å². The van der Waals surface area contributed by atoms with Crippen molar-refractivity contribution >= 4 is 16.6 Å². The van der Waals surface area contributed by atoms with Crippen LogP contribution >= 0.6 is 0 Å². The minimum Gasteiger partial charge on any atom is -0.306 e. The van der Waals surface area contributed by atoms with Crippen LogP contribution in [0.3, 0.4) is 0 Å². The van der Waals surface area contributed by atoms with Gasteiger partial charge in [0.05, 0.1) is 15.8 Å². The largest absolute Gasteiger partial charge is 0.328 e. The molecular formula is C16H12FN3O4. The van der Waals surface area contributed by atoms with Gasteiger partial charge < -0.3 is 4.98 Å². The van der Waals surface area contributed by atoms with E-state index >= 15 is 0 Å². The van der Waals surface area contributed by atoms with Crippen LogP contribution in [0.1, 0.15) is 5.56 Å².